The second-order valence-corrected chi connectivity index (χ2v) is 8.61. The van der Waals surface area contributed by atoms with Gasteiger partial charge in [-0.1, -0.05) is 6.58 Å². The smallest absolute Gasteiger partial charge is 0.253 e. The molecule has 1 aromatic carbocycles. The van der Waals surface area contributed by atoms with Gasteiger partial charge in [-0.3, -0.25) is 19.0 Å². The number of hydrogen-bond donors (Lipinski definition) is 2. The number of amides is 2. The predicted octanol–water partition coefficient (Wildman–Crippen LogP) is 3.21. The Labute approximate surface area is 197 Å². The monoisotopic (exact) mass is 460 g/mol. The molecule has 0 spiro atoms. The molecule has 0 bridgehead atoms. The van der Waals surface area contributed by atoms with Gasteiger partial charge < -0.3 is 15.5 Å². The molecule has 0 saturated carbocycles. The number of carbonyl (C=O) groups excluding carboxylic acids is 2. The summed E-state index contributed by atoms with van der Waals surface area (Å²) < 4.78 is 1.65. The van der Waals surface area contributed by atoms with Crippen LogP contribution in [0.5, 0.6) is 0 Å². The second kappa shape index (κ2) is 9.86. The van der Waals surface area contributed by atoms with E-state index in [4.69, 9.17) is 0 Å². The van der Waals surface area contributed by atoms with E-state index >= 15 is 0 Å². The molecule has 1 fully saturated rings. The van der Waals surface area contributed by atoms with Crippen molar-refractivity contribution in [1.82, 2.24) is 19.4 Å². The Kier molecular flexibility index (Phi) is 6.72. The highest BCUT2D eigenvalue weighted by molar-refractivity contribution is 5.99. The summed E-state index contributed by atoms with van der Waals surface area (Å²) in [6.07, 6.45) is 4.63. The Balaban J connectivity index is 1.47. The van der Waals surface area contributed by atoms with Gasteiger partial charge in [0.25, 0.3) is 11.5 Å². The van der Waals surface area contributed by atoms with E-state index in [9.17, 15) is 14.4 Å². The molecule has 176 valence electrons. The molecule has 1 aliphatic heterocycles. The topological polar surface area (TPSA) is 109 Å². The van der Waals surface area contributed by atoms with Crippen LogP contribution < -0.4 is 16.2 Å². The Morgan fingerprint density at radius 1 is 1.18 bits per heavy atom. The molecule has 4 rings (SSSR count). The van der Waals surface area contributed by atoms with E-state index in [-0.39, 0.29) is 29.5 Å². The van der Waals surface area contributed by atoms with Gasteiger partial charge in [0, 0.05) is 54.1 Å². The zero-order valence-electron chi connectivity index (χ0n) is 19.3. The summed E-state index contributed by atoms with van der Waals surface area (Å²) in [7, 11) is 0. The molecule has 9 nitrogen and oxygen atoms in total. The standard InChI is InChI=1S/C25H28N6O3/c1-4-21(32)27-19-10-7-17(8-11-19)24(34)30-13-5-6-20(15-30)28-25-26-14-18-9-12-22(33)31(16(2)3)23(18)29-25/h4,7-12,14,16,20H,1,5-6,13,15H2,2-3H3,(H,27,32)(H,26,28,29)/t20-/m1/s1. The maximum absolute atomic E-state index is 13.0. The Morgan fingerprint density at radius 3 is 2.65 bits per heavy atom. The van der Waals surface area contributed by atoms with E-state index in [1.165, 1.54) is 12.1 Å². The first kappa shape index (κ1) is 23.2. The first-order valence-electron chi connectivity index (χ1n) is 11.3. The fourth-order valence-electron chi connectivity index (χ4n) is 4.14. The molecular weight excluding hydrogens is 432 g/mol. The number of piperidine rings is 1. The van der Waals surface area contributed by atoms with E-state index in [0.29, 0.717) is 35.9 Å². The highest BCUT2D eigenvalue weighted by atomic mass is 16.2. The lowest BCUT2D eigenvalue weighted by Gasteiger charge is -2.33. The summed E-state index contributed by atoms with van der Waals surface area (Å²) in [6, 6.07) is 10.0. The third-order valence-corrected chi connectivity index (χ3v) is 5.81. The summed E-state index contributed by atoms with van der Waals surface area (Å²) in [5.41, 5.74) is 1.65. The Bertz CT molecular complexity index is 1280. The van der Waals surface area contributed by atoms with E-state index < -0.39 is 0 Å². The zero-order valence-corrected chi connectivity index (χ0v) is 19.3. The minimum Gasteiger partial charge on any atom is -0.350 e. The van der Waals surface area contributed by atoms with E-state index in [1.54, 1.807) is 41.1 Å². The van der Waals surface area contributed by atoms with Gasteiger partial charge in [-0.15, -0.1) is 0 Å². The molecule has 0 aliphatic carbocycles. The molecule has 1 aliphatic rings. The first-order valence-corrected chi connectivity index (χ1v) is 11.3. The van der Waals surface area contributed by atoms with Gasteiger partial charge >= 0.3 is 0 Å². The molecule has 2 amide bonds. The maximum atomic E-state index is 13.0. The predicted molar refractivity (Wildman–Crippen MR) is 132 cm³/mol. The average molecular weight is 461 g/mol. The Hall–Kier alpha value is -4.01. The molecule has 2 N–H and O–H groups in total. The molecular formula is C25H28N6O3. The van der Waals surface area contributed by atoms with Crippen LogP contribution in [0.2, 0.25) is 0 Å². The number of benzene rings is 1. The van der Waals surface area contributed by atoms with E-state index in [2.05, 4.69) is 27.2 Å². The molecule has 3 heterocycles. The molecule has 2 aromatic heterocycles. The maximum Gasteiger partial charge on any atom is 0.253 e. The molecule has 3 aromatic rings. The van der Waals surface area contributed by atoms with Crippen LogP contribution in [0.4, 0.5) is 11.6 Å². The molecule has 0 unspecified atom stereocenters. The number of nitrogens with one attached hydrogen (secondary N) is 2. The minimum atomic E-state index is -0.301. The van der Waals surface area contributed by atoms with Gasteiger partial charge in [-0.2, -0.15) is 4.98 Å². The third kappa shape index (κ3) is 4.98. The highest BCUT2D eigenvalue weighted by Crippen LogP contribution is 2.20. The second-order valence-electron chi connectivity index (χ2n) is 8.61. The molecule has 34 heavy (non-hydrogen) atoms. The summed E-state index contributed by atoms with van der Waals surface area (Å²) in [5.74, 6) is 0.0700. The fraction of sp³-hybridized carbons (Fsp3) is 0.320. The van der Waals surface area contributed by atoms with Crippen LogP contribution in [0.15, 0.2) is 60.0 Å². The lowest BCUT2D eigenvalue weighted by Crippen LogP contribution is -2.45. The summed E-state index contributed by atoms with van der Waals surface area (Å²) in [5, 5.41) is 6.81. The quantitative estimate of drug-likeness (QED) is 0.547. The van der Waals surface area contributed by atoms with Crippen LogP contribution in [0.1, 0.15) is 43.1 Å². The first-order chi connectivity index (χ1) is 16.4. The van der Waals surface area contributed by atoms with E-state index in [0.717, 1.165) is 18.2 Å². The highest BCUT2D eigenvalue weighted by Gasteiger charge is 2.25. The molecule has 1 atom stereocenters. The number of rotatable bonds is 6. The van der Waals surface area contributed by atoms with Crippen LogP contribution >= 0.6 is 0 Å². The normalized spacial score (nSPS) is 15.9. The zero-order chi connectivity index (χ0) is 24.2. The van der Waals surface area contributed by atoms with Crippen LogP contribution in [-0.2, 0) is 4.79 Å². The van der Waals surface area contributed by atoms with Crippen molar-refractivity contribution in [2.24, 2.45) is 0 Å². The lowest BCUT2D eigenvalue weighted by atomic mass is 10.0. The van der Waals surface area contributed by atoms with Crippen LogP contribution in [0.25, 0.3) is 11.0 Å². The van der Waals surface area contributed by atoms with Crippen molar-refractivity contribution in [2.45, 2.75) is 38.8 Å². The number of fused-ring (bicyclic) bond motifs is 1. The number of likely N-dealkylation sites (tertiary alicyclic amines) is 1. The number of anilines is 2. The number of pyridine rings is 1. The minimum absolute atomic E-state index is 0.00997. The molecule has 9 heteroatoms. The summed E-state index contributed by atoms with van der Waals surface area (Å²) in [6.45, 7) is 8.50. The van der Waals surface area contributed by atoms with Gasteiger partial charge in [-0.25, -0.2) is 4.98 Å². The SMILES string of the molecule is C=CC(=O)Nc1ccc(C(=O)N2CCC[C@@H](Nc3ncc4ccc(=O)n(C(C)C)c4n3)C2)cc1. The summed E-state index contributed by atoms with van der Waals surface area (Å²) in [4.78, 5) is 47.7. The number of carbonyl (C=O) groups is 2. The van der Waals surface area contributed by atoms with Crippen LogP contribution in [0, 0.1) is 0 Å². The van der Waals surface area contributed by atoms with Gasteiger partial charge in [0.15, 0.2) is 0 Å². The third-order valence-electron chi connectivity index (χ3n) is 5.81. The van der Waals surface area contributed by atoms with Crippen molar-refractivity contribution >= 4 is 34.5 Å². The number of aromatic nitrogens is 3. The van der Waals surface area contributed by atoms with Crippen molar-refractivity contribution in [1.29, 1.82) is 0 Å². The van der Waals surface area contributed by atoms with Crippen molar-refractivity contribution in [3.8, 4) is 0 Å². The largest absolute Gasteiger partial charge is 0.350 e. The average Bonchev–Trinajstić information content (AvgIpc) is 2.83. The van der Waals surface area contributed by atoms with Gasteiger partial charge in [-0.05, 0) is 63.1 Å². The van der Waals surface area contributed by atoms with Gasteiger partial charge in [0.1, 0.15) is 5.65 Å². The fourth-order valence-corrected chi connectivity index (χ4v) is 4.14. The van der Waals surface area contributed by atoms with Crippen molar-refractivity contribution < 1.29 is 9.59 Å². The summed E-state index contributed by atoms with van der Waals surface area (Å²) >= 11 is 0. The van der Waals surface area contributed by atoms with Crippen molar-refractivity contribution in [3.63, 3.8) is 0 Å². The van der Waals surface area contributed by atoms with Crippen LogP contribution in [-0.4, -0.2) is 50.4 Å². The van der Waals surface area contributed by atoms with Crippen LogP contribution in [0.3, 0.4) is 0 Å². The molecule has 1 saturated heterocycles. The van der Waals surface area contributed by atoms with Crippen molar-refractivity contribution in [2.75, 3.05) is 23.7 Å². The number of hydrogen-bond acceptors (Lipinski definition) is 6. The van der Waals surface area contributed by atoms with Crippen molar-refractivity contribution in [3.05, 3.63) is 71.2 Å². The number of nitrogens with zero attached hydrogens (tertiary/aromatic N) is 4. The lowest BCUT2D eigenvalue weighted by molar-refractivity contribution is -0.111. The Morgan fingerprint density at radius 2 is 1.94 bits per heavy atom. The van der Waals surface area contributed by atoms with Gasteiger partial charge in [0.2, 0.25) is 11.9 Å². The molecule has 0 radical (unpaired) electrons. The van der Waals surface area contributed by atoms with E-state index in [1.807, 2.05) is 18.7 Å². The van der Waals surface area contributed by atoms with Gasteiger partial charge in [0.05, 0.1) is 0 Å².